The lowest BCUT2D eigenvalue weighted by molar-refractivity contribution is -0.145. The first-order chi connectivity index (χ1) is 12.7. The van der Waals surface area contributed by atoms with Crippen LogP contribution >= 0.6 is 0 Å². The Morgan fingerprint density at radius 3 is 2.37 bits per heavy atom. The van der Waals surface area contributed by atoms with E-state index in [0.717, 1.165) is 35.6 Å². The molecule has 2 rings (SSSR count). The second kappa shape index (κ2) is 8.87. The van der Waals surface area contributed by atoms with Crippen LogP contribution in [0.5, 0.6) is 5.75 Å². The number of carbonyl (C=O) groups is 1. The monoisotopic (exact) mass is 403 g/mol. The molecular formula is C17H16F3NO5S. The van der Waals surface area contributed by atoms with Crippen molar-refractivity contribution >= 4 is 16.0 Å². The van der Waals surface area contributed by atoms with E-state index in [1.165, 1.54) is 18.2 Å². The maximum absolute atomic E-state index is 12.9. The Labute approximate surface area is 154 Å². The zero-order chi connectivity index (χ0) is 20.0. The van der Waals surface area contributed by atoms with E-state index < -0.39 is 35.0 Å². The molecule has 0 fully saturated rings. The van der Waals surface area contributed by atoms with Crippen LogP contribution in [0.4, 0.5) is 13.2 Å². The highest BCUT2D eigenvalue weighted by molar-refractivity contribution is 7.89. The average molecular weight is 403 g/mol. The number of sulfonamides is 1. The van der Waals surface area contributed by atoms with Gasteiger partial charge >= 0.3 is 12.6 Å². The lowest BCUT2D eigenvalue weighted by atomic mass is 10.2. The number of alkyl halides is 2. The van der Waals surface area contributed by atoms with E-state index in [2.05, 4.69) is 4.74 Å². The molecule has 2 aromatic rings. The Hall–Kier alpha value is -2.59. The predicted octanol–water partition coefficient (Wildman–Crippen LogP) is 2.79. The molecule has 0 heterocycles. The van der Waals surface area contributed by atoms with Crippen LogP contribution in [-0.4, -0.2) is 38.9 Å². The van der Waals surface area contributed by atoms with E-state index in [4.69, 9.17) is 4.74 Å². The molecule has 0 bridgehead atoms. The van der Waals surface area contributed by atoms with Crippen molar-refractivity contribution in [3.63, 3.8) is 0 Å². The van der Waals surface area contributed by atoms with Gasteiger partial charge < -0.3 is 9.47 Å². The quantitative estimate of drug-likeness (QED) is 0.634. The number of halogens is 3. The molecule has 6 nitrogen and oxygen atoms in total. The van der Waals surface area contributed by atoms with Gasteiger partial charge in [-0.2, -0.15) is 13.1 Å². The Morgan fingerprint density at radius 2 is 1.74 bits per heavy atom. The Morgan fingerprint density at radius 1 is 1.11 bits per heavy atom. The lowest BCUT2D eigenvalue weighted by Crippen LogP contribution is -2.33. The molecule has 27 heavy (non-hydrogen) atoms. The minimum absolute atomic E-state index is 0.146. The zero-order valence-electron chi connectivity index (χ0n) is 14.1. The number of hydrogen-bond acceptors (Lipinski definition) is 5. The Balaban J connectivity index is 1.98. The van der Waals surface area contributed by atoms with Gasteiger partial charge in [-0.15, -0.1) is 0 Å². The van der Waals surface area contributed by atoms with E-state index in [1.54, 1.807) is 6.07 Å². The van der Waals surface area contributed by atoms with E-state index in [1.807, 2.05) is 0 Å². The summed E-state index contributed by atoms with van der Waals surface area (Å²) in [6.45, 7) is -4.02. The van der Waals surface area contributed by atoms with Crippen molar-refractivity contribution in [3.05, 3.63) is 59.9 Å². The van der Waals surface area contributed by atoms with Crippen LogP contribution in [0, 0.1) is 5.82 Å². The number of para-hydroxylation sites is 1. The van der Waals surface area contributed by atoms with Crippen molar-refractivity contribution < 1.29 is 35.9 Å². The van der Waals surface area contributed by atoms with Crippen molar-refractivity contribution in [2.75, 3.05) is 13.6 Å². The summed E-state index contributed by atoms with van der Waals surface area (Å²) in [5.41, 5.74) is 0.204. The summed E-state index contributed by atoms with van der Waals surface area (Å²) in [4.78, 5) is 11.7. The molecule has 0 atom stereocenters. The SMILES string of the molecule is CN(CC(=O)OCc1ccccc1OC(F)F)S(=O)(=O)c1ccc(F)cc1. The van der Waals surface area contributed by atoms with Crippen LogP contribution in [0.1, 0.15) is 5.56 Å². The van der Waals surface area contributed by atoms with Crippen molar-refractivity contribution in [2.45, 2.75) is 18.1 Å². The van der Waals surface area contributed by atoms with Crippen molar-refractivity contribution in [1.82, 2.24) is 4.31 Å². The van der Waals surface area contributed by atoms with Gasteiger partial charge in [0.1, 0.15) is 24.7 Å². The molecule has 0 aromatic heterocycles. The standard InChI is InChI=1S/C17H16F3NO5S/c1-21(27(23,24)14-8-6-13(18)7-9-14)10-16(22)25-11-12-4-2-3-5-15(12)26-17(19)20/h2-9,17H,10-11H2,1H3. The number of hydrogen-bond donors (Lipinski definition) is 0. The van der Waals surface area contributed by atoms with Crippen LogP contribution in [0.25, 0.3) is 0 Å². The summed E-state index contributed by atoms with van der Waals surface area (Å²) < 4.78 is 72.3. The molecule has 0 unspecified atom stereocenters. The third kappa shape index (κ3) is 5.69. The maximum Gasteiger partial charge on any atom is 0.387 e. The fourth-order valence-electron chi connectivity index (χ4n) is 2.09. The number of rotatable bonds is 8. The molecule has 0 aliphatic heterocycles. The van der Waals surface area contributed by atoms with Crippen LogP contribution < -0.4 is 4.74 Å². The Bertz CT molecular complexity index is 888. The fraction of sp³-hybridized carbons (Fsp3) is 0.235. The molecule has 0 aliphatic rings. The van der Waals surface area contributed by atoms with Gasteiger partial charge in [-0.3, -0.25) is 4.79 Å². The minimum atomic E-state index is -4.02. The van der Waals surface area contributed by atoms with Crippen molar-refractivity contribution in [3.8, 4) is 5.75 Å². The molecule has 2 aromatic carbocycles. The zero-order valence-corrected chi connectivity index (χ0v) is 15.0. The summed E-state index contributed by atoms with van der Waals surface area (Å²) in [5.74, 6) is -1.64. The van der Waals surface area contributed by atoms with Gasteiger partial charge in [0, 0.05) is 12.6 Å². The number of esters is 1. The summed E-state index contributed by atoms with van der Waals surface area (Å²) >= 11 is 0. The molecule has 0 amide bonds. The molecule has 0 spiro atoms. The van der Waals surface area contributed by atoms with E-state index in [9.17, 15) is 26.4 Å². The van der Waals surface area contributed by atoms with Gasteiger partial charge in [-0.05, 0) is 30.3 Å². The first-order valence-corrected chi connectivity index (χ1v) is 9.04. The molecule has 146 valence electrons. The predicted molar refractivity (Wildman–Crippen MR) is 89.1 cm³/mol. The number of benzene rings is 2. The Kier molecular flexibility index (Phi) is 6.81. The van der Waals surface area contributed by atoms with E-state index in [0.29, 0.717) is 0 Å². The van der Waals surface area contributed by atoms with Crippen molar-refractivity contribution in [2.24, 2.45) is 0 Å². The first kappa shape index (κ1) is 20.7. The minimum Gasteiger partial charge on any atom is -0.460 e. The number of ether oxygens (including phenoxy) is 2. The average Bonchev–Trinajstić information content (AvgIpc) is 2.61. The van der Waals surface area contributed by atoms with Crippen LogP contribution in [0.15, 0.2) is 53.4 Å². The van der Waals surface area contributed by atoms with Gasteiger partial charge in [0.2, 0.25) is 10.0 Å². The largest absolute Gasteiger partial charge is 0.460 e. The molecule has 0 radical (unpaired) electrons. The number of nitrogens with zero attached hydrogens (tertiary/aromatic N) is 1. The molecule has 0 N–H and O–H groups in total. The van der Waals surface area contributed by atoms with Gasteiger partial charge in [0.25, 0.3) is 0 Å². The number of carbonyl (C=O) groups excluding carboxylic acids is 1. The second-order valence-electron chi connectivity index (χ2n) is 5.36. The summed E-state index contributed by atoms with van der Waals surface area (Å²) in [5, 5.41) is 0. The summed E-state index contributed by atoms with van der Waals surface area (Å²) in [7, 11) is -2.86. The van der Waals surface area contributed by atoms with E-state index >= 15 is 0 Å². The van der Waals surface area contributed by atoms with Gasteiger partial charge in [-0.25, -0.2) is 12.8 Å². The fourth-order valence-corrected chi connectivity index (χ4v) is 3.21. The maximum atomic E-state index is 12.9. The van der Waals surface area contributed by atoms with Crippen LogP contribution in [0.2, 0.25) is 0 Å². The first-order valence-electron chi connectivity index (χ1n) is 7.60. The highest BCUT2D eigenvalue weighted by Crippen LogP contribution is 2.21. The van der Waals surface area contributed by atoms with E-state index in [-0.39, 0.29) is 22.8 Å². The molecule has 0 aliphatic carbocycles. The molecular weight excluding hydrogens is 387 g/mol. The van der Waals surface area contributed by atoms with Crippen LogP contribution in [0.3, 0.4) is 0 Å². The lowest BCUT2D eigenvalue weighted by Gasteiger charge is -2.17. The second-order valence-corrected chi connectivity index (χ2v) is 7.41. The molecule has 10 heteroatoms. The normalized spacial score (nSPS) is 11.6. The van der Waals surface area contributed by atoms with Gasteiger partial charge in [-0.1, -0.05) is 18.2 Å². The third-order valence-corrected chi connectivity index (χ3v) is 5.27. The van der Waals surface area contributed by atoms with Gasteiger partial charge in [0.15, 0.2) is 0 Å². The molecule has 0 saturated heterocycles. The van der Waals surface area contributed by atoms with Crippen LogP contribution in [-0.2, 0) is 26.2 Å². The highest BCUT2D eigenvalue weighted by atomic mass is 32.2. The van der Waals surface area contributed by atoms with Gasteiger partial charge in [0.05, 0.1) is 4.90 Å². The smallest absolute Gasteiger partial charge is 0.387 e. The van der Waals surface area contributed by atoms with Crippen molar-refractivity contribution in [1.29, 1.82) is 0 Å². The summed E-state index contributed by atoms with van der Waals surface area (Å²) in [6.07, 6.45) is 0. The topological polar surface area (TPSA) is 72.9 Å². The molecule has 0 saturated carbocycles. The highest BCUT2D eigenvalue weighted by Gasteiger charge is 2.23. The third-order valence-electron chi connectivity index (χ3n) is 3.45. The number of likely N-dealkylation sites (N-methyl/N-ethyl adjacent to an activating group) is 1. The summed E-state index contributed by atoms with van der Waals surface area (Å²) in [6, 6.07) is 9.87.